The van der Waals surface area contributed by atoms with Crippen molar-refractivity contribution in [3.63, 3.8) is 0 Å². The summed E-state index contributed by atoms with van der Waals surface area (Å²) in [6, 6.07) is 6.97. The van der Waals surface area contributed by atoms with Crippen molar-refractivity contribution in [3.8, 4) is 0 Å². The number of allylic oxidation sites excluding steroid dienone is 2. The molecule has 0 radical (unpaired) electrons. The van der Waals surface area contributed by atoms with Gasteiger partial charge in [0, 0.05) is 6.21 Å². The summed E-state index contributed by atoms with van der Waals surface area (Å²) in [7, 11) is 0. The number of aliphatic imine (C=N–C) groups is 1. The van der Waals surface area contributed by atoms with E-state index in [9.17, 15) is 0 Å². The average molecular weight is 305 g/mol. The predicted molar refractivity (Wildman–Crippen MR) is 102 cm³/mol. The van der Waals surface area contributed by atoms with Crippen LogP contribution in [0.5, 0.6) is 0 Å². The zero-order valence-corrected chi connectivity index (χ0v) is 14.5. The monoisotopic (exact) mass is 305 g/mol. The minimum atomic E-state index is 0.329. The van der Waals surface area contributed by atoms with Gasteiger partial charge in [-0.3, -0.25) is 4.99 Å². The number of benzene rings is 1. The van der Waals surface area contributed by atoms with Crippen LogP contribution < -0.4 is 0 Å². The molecule has 1 aliphatic rings. The molecule has 0 fully saturated rings. The van der Waals surface area contributed by atoms with Crippen molar-refractivity contribution in [3.05, 3.63) is 71.5 Å². The molecule has 120 valence electrons. The quantitative estimate of drug-likeness (QED) is 0.596. The van der Waals surface area contributed by atoms with E-state index < -0.39 is 0 Å². The summed E-state index contributed by atoms with van der Waals surface area (Å²) in [6.45, 7) is 14.4. The lowest BCUT2D eigenvalue weighted by atomic mass is 9.81. The van der Waals surface area contributed by atoms with Crippen molar-refractivity contribution in [2.24, 2.45) is 16.8 Å². The maximum Gasteiger partial charge on any atom is 0.0687 e. The number of nitrogens with zero attached hydrogens (tertiary/aromatic N) is 1. The summed E-state index contributed by atoms with van der Waals surface area (Å²) in [5.41, 5.74) is 8.21. The zero-order chi connectivity index (χ0) is 16.8. The lowest BCUT2D eigenvalue weighted by molar-refractivity contribution is 0.423. The Morgan fingerprint density at radius 2 is 2.13 bits per heavy atom. The molecule has 2 rings (SSSR count). The molecular weight excluding hydrogens is 278 g/mol. The predicted octanol–water partition coefficient (Wildman–Crippen LogP) is 5.43. The van der Waals surface area contributed by atoms with Crippen molar-refractivity contribution >= 4 is 12.3 Å². The summed E-state index contributed by atoms with van der Waals surface area (Å²) in [5, 5.41) is 0. The van der Waals surface area contributed by atoms with E-state index in [2.05, 4.69) is 68.9 Å². The Bertz CT molecular complexity index is 671. The molecule has 1 heterocycles. The molecule has 0 N–H and O–H groups in total. The molecule has 0 spiro atoms. The van der Waals surface area contributed by atoms with Gasteiger partial charge >= 0.3 is 0 Å². The number of rotatable bonds is 7. The Morgan fingerprint density at radius 1 is 1.35 bits per heavy atom. The molecule has 23 heavy (non-hydrogen) atoms. The van der Waals surface area contributed by atoms with Crippen LogP contribution in [0.15, 0.2) is 59.8 Å². The summed E-state index contributed by atoms with van der Waals surface area (Å²) in [6.07, 6.45) is 10.00. The van der Waals surface area contributed by atoms with E-state index in [1.165, 1.54) is 22.3 Å². The van der Waals surface area contributed by atoms with Gasteiger partial charge in [0.05, 0.1) is 6.04 Å². The number of hydrogen-bond donors (Lipinski definition) is 0. The van der Waals surface area contributed by atoms with E-state index in [0.29, 0.717) is 17.9 Å². The molecule has 0 bridgehead atoms. The van der Waals surface area contributed by atoms with Crippen molar-refractivity contribution < 1.29 is 0 Å². The molecule has 0 saturated carbocycles. The van der Waals surface area contributed by atoms with E-state index in [-0.39, 0.29) is 0 Å². The Hall–Kier alpha value is -2.11. The van der Waals surface area contributed by atoms with Gasteiger partial charge in [-0.2, -0.15) is 0 Å². The second-order valence-corrected chi connectivity index (χ2v) is 6.46. The smallest absolute Gasteiger partial charge is 0.0687 e. The zero-order valence-electron chi connectivity index (χ0n) is 14.5. The van der Waals surface area contributed by atoms with Gasteiger partial charge in [0.25, 0.3) is 0 Å². The highest BCUT2D eigenvalue weighted by molar-refractivity contribution is 5.76. The maximum atomic E-state index is 4.46. The second-order valence-electron chi connectivity index (χ2n) is 6.46. The fourth-order valence-corrected chi connectivity index (χ4v) is 3.22. The van der Waals surface area contributed by atoms with E-state index >= 15 is 0 Å². The average Bonchev–Trinajstić information content (AvgIpc) is 2.98. The third-order valence-corrected chi connectivity index (χ3v) is 4.89. The SMILES string of the molecule is C=C=CCc1ccc(C=C)c(CC(C)C(C)C2=CC=NC2C)c1. The minimum absolute atomic E-state index is 0.329. The van der Waals surface area contributed by atoms with Crippen LogP contribution in [-0.2, 0) is 12.8 Å². The third kappa shape index (κ3) is 4.21. The molecule has 1 aliphatic heterocycles. The molecule has 1 heteroatoms. The first-order chi connectivity index (χ1) is 11.1. The summed E-state index contributed by atoms with van der Waals surface area (Å²) in [5.74, 6) is 1.09. The Morgan fingerprint density at radius 3 is 2.74 bits per heavy atom. The van der Waals surface area contributed by atoms with Gasteiger partial charge in [0.2, 0.25) is 0 Å². The second kappa shape index (κ2) is 7.94. The lowest BCUT2D eigenvalue weighted by Crippen LogP contribution is -2.18. The summed E-state index contributed by atoms with van der Waals surface area (Å²) < 4.78 is 0. The van der Waals surface area contributed by atoms with Crippen LogP contribution in [0.1, 0.15) is 37.5 Å². The molecule has 1 aromatic carbocycles. The Kier molecular flexibility index (Phi) is 5.96. The normalized spacial score (nSPS) is 18.9. The first-order valence-electron chi connectivity index (χ1n) is 8.38. The van der Waals surface area contributed by atoms with Gasteiger partial charge in [-0.15, -0.1) is 5.73 Å². The summed E-state index contributed by atoms with van der Waals surface area (Å²) in [4.78, 5) is 4.46. The molecule has 1 nitrogen and oxygen atoms in total. The van der Waals surface area contributed by atoms with Crippen molar-refractivity contribution in [1.29, 1.82) is 0 Å². The van der Waals surface area contributed by atoms with Crippen molar-refractivity contribution in [1.82, 2.24) is 0 Å². The van der Waals surface area contributed by atoms with E-state index in [4.69, 9.17) is 0 Å². The highest BCUT2D eigenvalue weighted by atomic mass is 14.8. The number of hydrogen-bond acceptors (Lipinski definition) is 1. The van der Waals surface area contributed by atoms with Crippen LogP contribution in [0.2, 0.25) is 0 Å². The Labute approximate surface area is 140 Å². The fourth-order valence-electron chi connectivity index (χ4n) is 3.22. The van der Waals surface area contributed by atoms with Gasteiger partial charge in [-0.05, 0) is 66.0 Å². The van der Waals surface area contributed by atoms with Crippen LogP contribution in [0, 0.1) is 11.8 Å². The van der Waals surface area contributed by atoms with Crippen molar-refractivity contribution in [2.75, 3.05) is 0 Å². The van der Waals surface area contributed by atoms with Gasteiger partial charge in [-0.1, -0.05) is 51.3 Å². The molecule has 0 amide bonds. The highest BCUT2D eigenvalue weighted by Crippen LogP contribution is 2.30. The van der Waals surface area contributed by atoms with E-state index in [1.54, 1.807) is 0 Å². The first kappa shape index (κ1) is 17.2. The standard InChI is InChI=1S/C22H27N/c1-6-8-9-19-10-11-20(7-2)21(15-19)14-16(3)17(4)22-12-13-23-18(22)5/h7-8,10-13,15-18H,1-2,9,14H2,3-5H3. The van der Waals surface area contributed by atoms with Gasteiger partial charge < -0.3 is 0 Å². The largest absolute Gasteiger partial charge is 0.286 e. The third-order valence-electron chi connectivity index (χ3n) is 4.89. The molecule has 1 aromatic rings. The molecule has 3 unspecified atom stereocenters. The van der Waals surface area contributed by atoms with Crippen LogP contribution in [0.25, 0.3) is 6.08 Å². The van der Waals surface area contributed by atoms with E-state index in [1.807, 2.05) is 18.4 Å². The van der Waals surface area contributed by atoms with Gasteiger partial charge in [-0.25, -0.2) is 0 Å². The van der Waals surface area contributed by atoms with Crippen LogP contribution in [-0.4, -0.2) is 12.3 Å². The van der Waals surface area contributed by atoms with Gasteiger partial charge in [0.15, 0.2) is 0 Å². The maximum absolute atomic E-state index is 4.46. The topological polar surface area (TPSA) is 12.4 Å². The highest BCUT2D eigenvalue weighted by Gasteiger charge is 2.23. The molecule has 3 atom stereocenters. The lowest BCUT2D eigenvalue weighted by Gasteiger charge is -2.24. The Balaban J connectivity index is 2.17. The first-order valence-corrected chi connectivity index (χ1v) is 8.38. The van der Waals surface area contributed by atoms with Crippen molar-refractivity contribution in [2.45, 2.75) is 39.7 Å². The molecule has 0 aliphatic carbocycles. The summed E-state index contributed by atoms with van der Waals surface area (Å²) >= 11 is 0. The fraction of sp³-hybridized carbons (Fsp3) is 0.364. The van der Waals surface area contributed by atoms with Crippen LogP contribution in [0.3, 0.4) is 0 Å². The van der Waals surface area contributed by atoms with E-state index in [0.717, 1.165) is 12.8 Å². The molecule has 0 saturated heterocycles. The van der Waals surface area contributed by atoms with Gasteiger partial charge in [0.1, 0.15) is 0 Å². The van der Waals surface area contributed by atoms with Crippen LogP contribution >= 0.6 is 0 Å². The van der Waals surface area contributed by atoms with Crippen LogP contribution in [0.4, 0.5) is 0 Å². The molecular formula is C22H27N. The molecule has 0 aromatic heterocycles. The minimum Gasteiger partial charge on any atom is -0.286 e.